The van der Waals surface area contributed by atoms with Crippen LogP contribution in [0.5, 0.6) is 5.75 Å². The van der Waals surface area contributed by atoms with Crippen molar-refractivity contribution < 1.29 is 9.53 Å². The summed E-state index contributed by atoms with van der Waals surface area (Å²) in [7, 11) is 1.68. The molecule has 2 aromatic carbocycles. The Hall–Kier alpha value is -1.98. The number of ether oxygens (including phenoxy) is 1. The molecule has 2 heterocycles. The molecule has 2 saturated heterocycles. The van der Waals surface area contributed by atoms with Crippen molar-refractivity contribution in [3.05, 3.63) is 48.5 Å². The average molecular weight is 397 g/mol. The predicted octanol–water partition coefficient (Wildman–Crippen LogP) is 4.66. The summed E-state index contributed by atoms with van der Waals surface area (Å²) in [6.07, 6.45) is 4.52. The molecule has 5 heteroatoms. The molecular formula is C23H28N2O2S. The summed E-state index contributed by atoms with van der Waals surface area (Å²) in [4.78, 5) is 15.4. The van der Waals surface area contributed by atoms with Gasteiger partial charge in [-0.05, 0) is 79.1 Å². The lowest BCUT2D eigenvalue weighted by Crippen LogP contribution is -2.46. The van der Waals surface area contributed by atoms with E-state index in [0.29, 0.717) is 6.04 Å². The second kappa shape index (κ2) is 9.01. The van der Waals surface area contributed by atoms with Crippen LogP contribution in [0, 0.1) is 0 Å². The van der Waals surface area contributed by atoms with Crippen molar-refractivity contribution in [2.24, 2.45) is 0 Å². The number of rotatable bonds is 5. The number of methoxy groups -OCH3 is 1. The summed E-state index contributed by atoms with van der Waals surface area (Å²) in [5.41, 5.74) is 3.08. The van der Waals surface area contributed by atoms with Crippen LogP contribution in [0.25, 0.3) is 11.1 Å². The summed E-state index contributed by atoms with van der Waals surface area (Å²) in [6.45, 7) is 1.06. The van der Waals surface area contributed by atoms with Crippen LogP contribution < -0.4 is 10.1 Å². The van der Waals surface area contributed by atoms with Gasteiger partial charge in [-0.15, -0.1) is 0 Å². The topological polar surface area (TPSA) is 41.6 Å². The first-order chi connectivity index (χ1) is 13.7. The predicted molar refractivity (Wildman–Crippen MR) is 117 cm³/mol. The van der Waals surface area contributed by atoms with Crippen LogP contribution in [-0.4, -0.2) is 48.1 Å². The first-order valence-corrected chi connectivity index (χ1v) is 11.3. The highest BCUT2D eigenvalue weighted by Gasteiger charge is 2.35. The summed E-state index contributed by atoms with van der Waals surface area (Å²) in [5, 5.41) is 3.14. The fourth-order valence-corrected chi connectivity index (χ4v) is 5.38. The Balaban J connectivity index is 1.41. The van der Waals surface area contributed by atoms with E-state index in [1.165, 1.54) is 24.3 Å². The first kappa shape index (κ1) is 19.3. The molecule has 148 valence electrons. The number of thioether (sulfide) groups is 1. The lowest BCUT2D eigenvalue weighted by Gasteiger charge is -2.34. The Morgan fingerprint density at radius 3 is 2.61 bits per heavy atom. The lowest BCUT2D eigenvalue weighted by molar-refractivity contribution is -0.121. The molecular weight excluding hydrogens is 368 g/mol. The van der Waals surface area contributed by atoms with Gasteiger partial charge in [-0.1, -0.05) is 24.3 Å². The van der Waals surface area contributed by atoms with E-state index in [-0.39, 0.29) is 11.9 Å². The Morgan fingerprint density at radius 1 is 1.07 bits per heavy atom. The SMILES string of the molecule is COc1cccc(-c2ccc(NC(=O)[C@H]3CCCN3C3CCSCC3)cc2)c1. The number of nitrogens with zero attached hydrogens (tertiary/aromatic N) is 1. The van der Waals surface area contributed by atoms with E-state index in [1.807, 2.05) is 42.1 Å². The standard InChI is InChI=1S/C23H28N2O2S/c1-27-21-5-2-4-18(16-21)17-7-9-19(10-8-17)24-23(26)22-6-3-13-25(22)20-11-14-28-15-12-20/h2,4-5,7-10,16,20,22H,3,6,11-15H2,1H3,(H,24,26)/t22-/m1/s1. The summed E-state index contributed by atoms with van der Waals surface area (Å²) in [6, 6.07) is 16.7. The zero-order valence-electron chi connectivity index (χ0n) is 16.4. The van der Waals surface area contributed by atoms with Crippen LogP contribution in [0.2, 0.25) is 0 Å². The van der Waals surface area contributed by atoms with E-state index < -0.39 is 0 Å². The molecule has 0 aromatic heterocycles. The van der Waals surface area contributed by atoms with E-state index in [1.54, 1.807) is 7.11 Å². The van der Waals surface area contributed by atoms with Crippen LogP contribution in [-0.2, 0) is 4.79 Å². The molecule has 2 aromatic rings. The third-order valence-corrected chi connectivity index (χ3v) is 6.86. The molecule has 4 nitrogen and oxygen atoms in total. The van der Waals surface area contributed by atoms with Crippen molar-refractivity contribution in [2.75, 3.05) is 30.5 Å². The number of nitrogens with one attached hydrogen (secondary N) is 1. The quantitative estimate of drug-likeness (QED) is 0.798. The van der Waals surface area contributed by atoms with E-state index in [0.717, 1.165) is 42.0 Å². The maximum Gasteiger partial charge on any atom is 0.241 e. The number of amides is 1. The van der Waals surface area contributed by atoms with Gasteiger partial charge >= 0.3 is 0 Å². The molecule has 28 heavy (non-hydrogen) atoms. The van der Waals surface area contributed by atoms with Crippen LogP contribution in [0.1, 0.15) is 25.7 Å². The van der Waals surface area contributed by atoms with Crippen LogP contribution in [0.4, 0.5) is 5.69 Å². The molecule has 0 bridgehead atoms. The Morgan fingerprint density at radius 2 is 1.86 bits per heavy atom. The number of likely N-dealkylation sites (tertiary alicyclic amines) is 1. The van der Waals surface area contributed by atoms with Crippen LogP contribution in [0.15, 0.2) is 48.5 Å². The number of carbonyl (C=O) groups is 1. The summed E-state index contributed by atoms with van der Waals surface area (Å²) in [5.74, 6) is 3.44. The molecule has 2 aliphatic heterocycles. The fourth-order valence-electron chi connectivity index (χ4n) is 4.30. The molecule has 0 radical (unpaired) electrons. The number of hydrogen-bond donors (Lipinski definition) is 1. The van der Waals surface area contributed by atoms with E-state index in [2.05, 4.69) is 28.4 Å². The smallest absolute Gasteiger partial charge is 0.241 e. The molecule has 2 fully saturated rings. The van der Waals surface area contributed by atoms with Gasteiger partial charge in [0.15, 0.2) is 0 Å². The molecule has 4 rings (SSSR count). The van der Waals surface area contributed by atoms with Crippen molar-refractivity contribution >= 4 is 23.4 Å². The second-order valence-corrected chi connectivity index (χ2v) is 8.76. The molecule has 0 spiro atoms. The minimum Gasteiger partial charge on any atom is -0.497 e. The number of carbonyl (C=O) groups excluding carboxylic acids is 1. The largest absolute Gasteiger partial charge is 0.497 e. The van der Waals surface area contributed by atoms with Crippen molar-refractivity contribution in [3.63, 3.8) is 0 Å². The van der Waals surface area contributed by atoms with Crippen molar-refractivity contribution in [3.8, 4) is 16.9 Å². The zero-order chi connectivity index (χ0) is 19.3. The minimum atomic E-state index is 0.0196. The average Bonchev–Trinajstić information content (AvgIpc) is 3.25. The van der Waals surface area contributed by atoms with Gasteiger partial charge in [0.05, 0.1) is 13.2 Å². The Kier molecular flexibility index (Phi) is 6.23. The third kappa shape index (κ3) is 4.36. The highest BCUT2D eigenvalue weighted by atomic mass is 32.2. The van der Waals surface area contributed by atoms with Crippen molar-refractivity contribution in [2.45, 2.75) is 37.8 Å². The highest BCUT2D eigenvalue weighted by molar-refractivity contribution is 7.99. The number of benzene rings is 2. The number of anilines is 1. The fraction of sp³-hybridized carbons (Fsp3) is 0.435. The molecule has 2 aliphatic rings. The van der Waals surface area contributed by atoms with E-state index in [4.69, 9.17) is 4.74 Å². The summed E-state index contributed by atoms with van der Waals surface area (Å²) < 4.78 is 5.31. The lowest BCUT2D eigenvalue weighted by atomic mass is 10.0. The van der Waals surface area contributed by atoms with Crippen LogP contribution in [0.3, 0.4) is 0 Å². The van der Waals surface area contributed by atoms with Gasteiger partial charge in [0.25, 0.3) is 0 Å². The normalized spacial score (nSPS) is 20.8. The van der Waals surface area contributed by atoms with Gasteiger partial charge in [0, 0.05) is 11.7 Å². The minimum absolute atomic E-state index is 0.0196. The van der Waals surface area contributed by atoms with Gasteiger partial charge in [0.1, 0.15) is 5.75 Å². The third-order valence-electron chi connectivity index (χ3n) is 5.81. The van der Waals surface area contributed by atoms with Gasteiger partial charge in [-0.3, -0.25) is 9.69 Å². The molecule has 0 aliphatic carbocycles. The molecule has 1 atom stereocenters. The van der Waals surface area contributed by atoms with E-state index in [9.17, 15) is 4.79 Å². The van der Waals surface area contributed by atoms with Gasteiger partial charge < -0.3 is 10.1 Å². The van der Waals surface area contributed by atoms with Gasteiger partial charge in [0.2, 0.25) is 5.91 Å². The maximum absolute atomic E-state index is 12.9. The van der Waals surface area contributed by atoms with E-state index >= 15 is 0 Å². The van der Waals surface area contributed by atoms with Gasteiger partial charge in [-0.2, -0.15) is 11.8 Å². The molecule has 1 amide bonds. The first-order valence-electron chi connectivity index (χ1n) is 10.1. The van der Waals surface area contributed by atoms with Crippen molar-refractivity contribution in [1.29, 1.82) is 0 Å². The zero-order valence-corrected chi connectivity index (χ0v) is 17.2. The molecule has 0 unspecified atom stereocenters. The number of hydrogen-bond acceptors (Lipinski definition) is 4. The Labute approximate surface area is 171 Å². The second-order valence-electron chi connectivity index (χ2n) is 7.54. The maximum atomic E-state index is 12.9. The Bertz CT molecular complexity index is 803. The molecule has 0 saturated carbocycles. The summed E-state index contributed by atoms with van der Waals surface area (Å²) >= 11 is 2.04. The van der Waals surface area contributed by atoms with Crippen LogP contribution >= 0.6 is 11.8 Å². The van der Waals surface area contributed by atoms with Gasteiger partial charge in [-0.25, -0.2) is 0 Å². The molecule has 1 N–H and O–H groups in total. The highest BCUT2D eigenvalue weighted by Crippen LogP contribution is 2.30. The van der Waals surface area contributed by atoms with Crippen molar-refractivity contribution in [1.82, 2.24) is 4.90 Å². The monoisotopic (exact) mass is 396 g/mol.